The Balaban J connectivity index is 1.68. The topological polar surface area (TPSA) is 71.8 Å². The summed E-state index contributed by atoms with van der Waals surface area (Å²) in [6.45, 7) is 4.08. The standard InChI is InChI=1S/C20H23N5O/c1-15(2)23-19(12-16-6-4-3-5-7-16)20(26)24-17-8-10-18(11-9-17)25-14-21-13-22-25/h3-11,13-15,19,23H,12H2,1-2H3,(H,24,26). The van der Waals surface area contributed by atoms with Crippen LogP contribution in [0.4, 0.5) is 5.69 Å². The molecule has 0 radical (unpaired) electrons. The first-order chi connectivity index (χ1) is 12.6. The van der Waals surface area contributed by atoms with E-state index >= 15 is 0 Å². The van der Waals surface area contributed by atoms with Gasteiger partial charge in [0, 0.05) is 11.7 Å². The van der Waals surface area contributed by atoms with Crippen molar-refractivity contribution >= 4 is 11.6 Å². The van der Waals surface area contributed by atoms with E-state index in [2.05, 4.69) is 20.7 Å². The summed E-state index contributed by atoms with van der Waals surface area (Å²) < 4.78 is 1.67. The molecule has 26 heavy (non-hydrogen) atoms. The van der Waals surface area contributed by atoms with Crippen LogP contribution >= 0.6 is 0 Å². The Morgan fingerprint density at radius 1 is 1.08 bits per heavy atom. The molecule has 0 spiro atoms. The molecule has 0 aliphatic carbocycles. The van der Waals surface area contributed by atoms with Gasteiger partial charge in [-0.25, -0.2) is 9.67 Å². The molecule has 0 saturated carbocycles. The number of carbonyl (C=O) groups excluding carboxylic acids is 1. The van der Waals surface area contributed by atoms with Gasteiger partial charge in [-0.3, -0.25) is 4.79 Å². The second-order valence-corrected chi connectivity index (χ2v) is 6.44. The van der Waals surface area contributed by atoms with Gasteiger partial charge in [0.15, 0.2) is 0 Å². The molecular weight excluding hydrogens is 326 g/mol. The molecule has 0 saturated heterocycles. The molecule has 1 heterocycles. The molecule has 6 heteroatoms. The summed E-state index contributed by atoms with van der Waals surface area (Å²) in [5, 5.41) is 10.4. The van der Waals surface area contributed by atoms with Crippen molar-refractivity contribution in [2.45, 2.75) is 32.4 Å². The molecule has 134 valence electrons. The molecule has 0 bridgehead atoms. The third-order valence-corrected chi connectivity index (χ3v) is 3.95. The van der Waals surface area contributed by atoms with Gasteiger partial charge in [-0.1, -0.05) is 44.2 Å². The molecule has 2 N–H and O–H groups in total. The highest BCUT2D eigenvalue weighted by molar-refractivity contribution is 5.95. The van der Waals surface area contributed by atoms with Crippen molar-refractivity contribution < 1.29 is 4.79 Å². The van der Waals surface area contributed by atoms with Crippen LogP contribution in [-0.4, -0.2) is 32.8 Å². The first-order valence-corrected chi connectivity index (χ1v) is 8.68. The molecule has 3 rings (SSSR count). The summed E-state index contributed by atoms with van der Waals surface area (Å²) in [4.78, 5) is 16.7. The molecule has 1 atom stereocenters. The molecule has 1 unspecified atom stereocenters. The van der Waals surface area contributed by atoms with E-state index in [0.29, 0.717) is 6.42 Å². The molecule has 6 nitrogen and oxygen atoms in total. The van der Waals surface area contributed by atoms with Crippen molar-refractivity contribution in [2.24, 2.45) is 0 Å². The van der Waals surface area contributed by atoms with Gasteiger partial charge in [0.25, 0.3) is 0 Å². The predicted octanol–water partition coefficient (Wildman–Crippen LogP) is 2.82. The lowest BCUT2D eigenvalue weighted by atomic mass is 10.0. The van der Waals surface area contributed by atoms with E-state index in [1.54, 1.807) is 11.0 Å². The van der Waals surface area contributed by atoms with Crippen molar-refractivity contribution in [3.8, 4) is 5.69 Å². The summed E-state index contributed by atoms with van der Waals surface area (Å²) in [6.07, 6.45) is 3.76. The third-order valence-electron chi connectivity index (χ3n) is 3.95. The van der Waals surface area contributed by atoms with Crippen molar-refractivity contribution in [1.29, 1.82) is 0 Å². The molecule has 0 fully saturated rings. The lowest BCUT2D eigenvalue weighted by molar-refractivity contribution is -0.118. The number of amides is 1. The van der Waals surface area contributed by atoms with E-state index < -0.39 is 0 Å². The van der Waals surface area contributed by atoms with E-state index in [1.165, 1.54) is 6.33 Å². The van der Waals surface area contributed by atoms with Crippen LogP contribution in [0.2, 0.25) is 0 Å². The first kappa shape index (κ1) is 17.8. The summed E-state index contributed by atoms with van der Waals surface area (Å²) in [7, 11) is 0. The highest BCUT2D eigenvalue weighted by atomic mass is 16.2. The number of anilines is 1. The van der Waals surface area contributed by atoms with Crippen LogP contribution in [0.5, 0.6) is 0 Å². The lowest BCUT2D eigenvalue weighted by Crippen LogP contribution is -2.45. The molecule has 0 aliphatic rings. The Morgan fingerprint density at radius 2 is 1.81 bits per heavy atom. The second kappa shape index (κ2) is 8.40. The first-order valence-electron chi connectivity index (χ1n) is 8.68. The monoisotopic (exact) mass is 349 g/mol. The Morgan fingerprint density at radius 3 is 2.42 bits per heavy atom. The van der Waals surface area contributed by atoms with Gasteiger partial charge < -0.3 is 10.6 Å². The second-order valence-electron chi connectivity index (χ2n) is 6.44. The fourth-order valence-electron chi connectivity index (χ4n) is 2.75. The van der Waals surface area contributed by atoms with Crippen LogP contribution in [0.25, 0.3) is 5.69 Å². The number of benzene rings is 2. The van der Waals surface area contributed by atoms with E-state index in [1.807, 2.05) is 68.4 Å². The fraction of sp³-hybridized carbons (Fsp3) is 0.250. The van der Waals surface area contributed by atoms with Crippen molar-refractivity contribution in [1.82, 2.24) is 20.1 Å². The minimum atomic E-state index is -0.299. The maximum Gasteiger partial charge on any atom is 0.241 e. The van der Waals surface area contributed by atoms with Gasteiger partial charge >= 0.3 is 0 Å². The molecule has 1 aromatic heterocycles. The quantitative estimate of drug-likeness (QED) is 0.688. The zero-order valence-corrected chi connectivity index (χ0v) is 15.0. The molecule has 3 aromatic rings. The zero-order valence-electron chi connectivity index (χ0n) is 15.0. The number of hydrogen-bond donors (Lipinski definition) is 2. The van der Waals surface area contributed by atoms with Crippen LogP contribution in [0, 0.1) is 0 Å². The summed E-state index contributed by atoms with van der Waals surface area (Å²) >= 11 is 0. The Hall–Kier alpha value is -2.99. The highest BCUT2D eigenvalue weighted by Gasteiger charge is 2.19. The van der Waals surface area contributed by atoms with Crippen LogP contribution in [-0.2, 0) is 11.2 Å². The summed E-state index contributed by atoms with van der Waals surface area (Å²) in [6, 6.07) is 17.5. The lowest BCUT2D eigenvalue weighted by Gasteiger charge is -2.21. The summed E-state index contributed by atoms with van der Waals surface area (Å²) in [5.41, 5.74) is 2.77. The van der Waals surface area contributed by atoms with Gasteiger partial charge in [-0.05, 0) is 36.2 Å². The van der Waals surface area contributed by atoms with E-state index in [4.69, 9.17) is 0 Å². The van der Waals surface area contributed by atoms with Crippen LogP contribution in [0.15, 0.2) is 67.3 Å². The fourth-order valence-corrected chi connectivity index (χ4v) is 2.75. The van der Waals surface area contributed by atoms with Crippen LogP contribution < -0.4 is 10.6 Å². The molecular formula is C20H23N5O. The largest absolute Gasteiger partial charge is 0.325 e. The molecule has 2 aromatic carbocycles. The number of aromatic nitrogens is 3. The van der Waals surface area contributed by atoms with Crippen molar-refractivity contribution in [3.05, 3.63) is 72.8 Å². The average molecular weight is 349 g/mol. The minimum Gasteiger partial charge on any atom is -0.325 e. The number of nitrogens with zero attached hydrogens (tertiary/aromatic N) is 3. The van der Waals surface area contributed by atoms with E-state index in [0.717, 1.165) is 16.9 Å². The van der Waals surface area contributed by atoms with Crippen molar-refractivity contribution in [2.75, 3.05) is 5.32 Å². The van der Waals surface area contributed by atoms with Gasteiger partial charge in [0.1, 0.15) is 12.7 Å². The number of carbonyl (C=O) groups is 1. The number of nitrogens with one attached hydrogen (secondary N) is 2. The van der Waals surface area contributed by atoms with Crippen molar-refractivity contribution in [3.63, 3.8) is 0 Å². The number of rotatable bonds is 7. The van der Waals surface area contributed by atoms with Gasteiger partial charge in [-0.2, -0.15) is 5.10 Å². The Labute approximate surface area is 153 Å². The Kier molecular flexibility index (Phi) is 5.76. The maximum absolute atomic E-state index is 12.8. The van der Waals surface area contributed by atoms with Gasteiger partial charge in [-0.15, -0.1) is 0 Å². The SMILES string of the molecule is CC(C)NC(Cc1ccccc1)C(=O)Nc1ccc(-n2cncn2)cc1. The zero-order chi connectivity index (χ0) is 18.4. The normalized spacial score (nSPS) is 12.1. The molecule has 1 amide bonds. The smallest absolute Gasteiger partial charge is 0.241 e. The number of hydrogen-bond acceptors (Lipinski definition) is 4. The Bertz CT molecular complexity index is 813. The molecule has 0 aliphatic heterocycles. The maximum atomic E-state index is 12.8. The van der Waals surface area contributed by atoms with E-state index in [-0.39, 0.29) is 18.0 Å². The summed E-state index contributed by atoms with van der Waals surface area (Å²) in [5.74, 6) is -0.0453. The van der Waals surface area contributed by atoms with Gasteiger partial charge in [0.05, 0.1) is 11.7 Å². The van der Waals surface area contributed by atoms with Gasteiger partial charge in [0.2, 0.25) is 5.91 Å². The highest BCUT2D eigenvalue weighted by Crippen LogP contribution is 2.13. The third kappa shape index (κ3) is 4.77. The van der Waals surface area contributed by atoms with E-state index in [9.17, 15) is 4.79 Å². The van der Waals surface area contributed by atoms with Crippen LogP contribution in [0.1, 0.15) is 19.4 Å². The minimum absolute atomic E-state index is 0.0453. The van der Waals surface area contributed by atoms with Crippen LogP contribution in [0.3, 0.4) is 0 Å². The predicted molar refractivity (Wildman–Crippen MR) is 102 cm³/mol. The average Bonchev–Trinajstić information content (AvgIpc) is 3.17.